The van der Waals surface area contributed by atoms with E-state index in [0.717, 1.165) is 17.8 Å². The zero-order valence-corrected chi connectivity index (χ0v) is 10.9. The van der Waals surface area contributed by atoms with Gasteiger partial charge in [0.2, 0.25) is 0 Å². The second-order valence-electron chi connectivity index (χ2n) is 5.22. The van der Waals surface area contributed by atoms with Crippen LogP contribution in [0.5, 0.6) is 0 Å². The fraction of sp³-hybridized carbons (Fsp3) is 0.438. The van der Waals surface area contributed by atoms with Crippen molar-refractivity contribution in [2.45, 2.75) is 38.6 Å². The molecule has 1 unspecified atom stereocenters. The van der Waals surface area contributed by atoms with Gasteiger partial charge in [0.05, 0.1) is 5.52 Å². The maximum absolute atomic E-state index is 4.63. The molecule has 3 rings (SSSR count). The zero-order chi connectivity index (χ0) is 12.4. The number of aromatic nitrogens is 1. The van der Waals surface area contributed by atoms with Crippen LogP contribution in [0, 0.1) is 6.92 Å². The van der Waals surface area contributed by atoms with E-state index in [4.69, 9.17) is 0 Å². The monoisotopic (exact) mass is 240 g/mol. The fourth-order valence-corrected chi connectivity index (χ4v) is 2.88. The van der Waals surface area contributed by atoms with Crippen molar-refractivity contribution in [1.29, 1.82) is 0 Å². The molecule has 1 aromatic carbocycles. The first-order chi connectivity index (χ1) is 8.84. The van der Waals surface area contributed by atoms with E-state index in [1.54, 1.807) is 0 Å². The van der Waals surface area contributed by atoms with E-state index in [9.17, 15) is 0 Å². The largest absolute Gasteiger partial charge is 0.310 e. The molecule has 2 aromatic rings. The summed E-state index contributed by atoms with van der Waals surface area (Å²) in [6.45, 7) is 3.19. The van der Waals surface area contributed by atoms with Crippen LogP contribution >= 0.6 is 0 Å². The van der Waals surface area contributed by atoms with Gasteiger partial charge in [0, 0.05) is 17.1 Å². The first kappa shape index (κ1) is 11.7. The molecule has 2 nitrogen and oxygen atoms in total. The molecule has 94 valence electrons. The van der Waals surface area contributed by atoms with Crippen LogP contribution in [0.25, 0.3) is 10.9 Å². The van der Waals surface area contributed by atoms with Crippen LogP contribution in [0.1, 0.15) is 43.0 Å². The Hall–Kier alpha value is -1.41. The molecule has 0 bridgehead atoms. The summed E-state index contributed by atoms with van der Waals surface area (Å²) in [4.78, 5) is 4.63. The molecule has 1 atom stereocenters. The quantitative estimate of drug-likeness (QED) is 0.821. The number of nitrogens with one attached hydrogen (secondary N) is 1. The van der Waals surface area contributed by atoms with E-state index >= 15 is 0 Å². The number of pyridine rings is 1. The van der Waals surface area contributed by atoms with Gasteiger partial charge in [-0.2, -0.15) is 0 Å². The lowest BCUT2D eigenvalue weighted by atomic mass is 9.97. The van der Waals surface area contributed by atoms with Gasteiger partial charge in [-0.15, -0.1) is 0 Å². The summed E-state index contributed by atoms with van der Waals surface area (Å²) in [5, 5.41) is 4.98. The van der Waals surface area contributed by atoms with Crippen LogP contribution in [0.15, 0.2) is 30.3 Å². The minimum Gasteiger partial charge on any atom is -0.310 e. The molecule has 0 radical (unpaired) electrons. The van der Waals surface area contributed by atoms with Gasteiger partial charge in [0.25, 0.3) is 0 Å². The van der Waals surface area contributed by atoms with Crippen LogP contribution in [-0.2, 0) is 0 Å². The van der Waals surface area contributed by atoms with Gasteiger partial charge >= 0.3 is 0 Å². The zero-order valence-electron chi connectivity index (χ0n) is 10.9. The number of hydrogen-bond acceptors (Lipinski definition) is 2. The smallest absolute Gasteiger partial charge is 0.0708 e. The maximum Gasteiger partial charge on any atom is 0.0708 e. The van der Waals surface area contributed by atoms with Gasteiger partial charge in [-0.25, -0.2) is 0 Å². The van der Waals surface area contributed by atoms with Crippen molar-refractivity contribution in [2.75, 3.05) is 6.54 Å². The molecule has 1 saturated heterocycles. The third-order valence-electron chi connectivity index (χ3n) is 3.84. The molecule has 1 aliphatic heterocycles. The van der Waals surface area contributed by atoms with E-state index in [1.165, 1.54) is 36.6 Å². The fourth-order valence-electron chi connectivity index (χ4n) is 2.88. The Morgan fingerprint density at radius 3 is 3.00 bits per heavy atom. The van der Waals surface area contributed by atoms with E-state index in [2.05, 4.69) is 47.6 Å². The molecule has 1 aromatic heterocycles. The van der Waals surface area contributed by atoms with Gasteiger partial charge in [-0.05, 0) is 44.0 Å². The highest BCUT2D eigenvalue weighted by molar-refractivity contribution is 5.82. The first-order valence-corrected chi connectivity index (χ1v) is 6.94. The Kier molecular flexibility index (Phi) is 3.28. The van der Waals surface area contributed by atoms with E-state index in [0.29, 0.717) is 6.04 Å². The summed E-state index contributed by atoms with van der Waals surface area (Å²) in [6, 6.07) is 11.3. The Bertz CT molecular complexity index is 540. The number of hydrogen-bond donors (Lipinski definition) is 1. The highest BCUT2D eigenvalue weighted by Gasteiger charge is 2.15. The van der Waals surface area contributed by atoms with Crippen molar-refractivity contribution < 1.29 is 0 Å². The summed E-state index contributed by atoms with van der Waals surface area (Å²) in [6.07, 6.45) is 5.23. The molecule has 0 aliphatic carbocycles. The number of rotatable bonds is 1. The van der Waals surface area contributed by atoms with Crippen LogP contribution in [0.2, 0.25) is 0 Å². The summed E-state index contributed by atoms with van der Waals surface area (Å²) >= 11 is 0. The molecule has 18 heavy (non-hydrogen) atoms. The van der Waals surface area contributed by atoms with Crippen molar-refractivity contribution in [3.05, 3.63) is 41.6 Å². The summed E-state index contributed by atoms with van der Waals surface area (Å²) in [5.41, 5.74) is 3.63. The van der Waals surface area contributed by atoms with Crippen LogP contribution in [0.3, 0.4) is 0 Å². The maximum atomic E-state index is 4.63. The summed E-state index contributed by atoms with van der Waals surface area (Å²) < 4.78 is 0. The molecule has 2 heterocycles. The topological polar surface area (TPSA) is 24.9 Å². The minimum absolute atomic E-state index is 0.501. The van der Waals surface area contributed by atoms with Gasteiger partial charge in [0.15, 0.2) is 0 Å². The van der Waals surface area contributed by atoms with Crippen molar-refractivity contribution in [1.82, 2.24) is 10.3 Å². The van der Waals surface area contributed by atoms with Gasteiger partial charge in [-0.1, -0.05) is 31.0 Å². The lowest BCUT2D eigenvalue weighted by Gasteiger charge is -2.18. The minimum atomic E-state index is 0.501. The standard InChI is InChI=1S/C16H20N2/c1-12-9-10-14-13(6-5-8-16(14)18-12)15-7-3-2-4-11-17-15/h5-6,8-10,15,17H,2-4,7,11H2,1H3. The third-order valence-corrected chi connectivity index (χ3v) is 3.84. The number of aryl methyl sites for hydroxylation is 1. The highest BCUT2D eigenvalue weighted by atomic mass is 14.9. The Labute approximate surface area is 108 Å². The lowest BCUT2D eigenvalue weighted by Crippen LogP contribution is -2.20. The molecule has 0 amide bonds. The molecule has 1 aliphatic rings. The molecule has 0 spiro atoms. The van der Waals surface area contributed by atoms with Crippen LogP contribution in [0.4, 0.5) is 0 Å². The highest BCUT2D eigenvalue weighted by Crippen LogP contribution is 2.28. The third kappa shape index (κ3) is 2.25. The van der Waals surface area contributed by atoms with E-state index < -0.39 is 0 Å². The number of benzene rings is 1. The average molecular weight is 240 g/mol. The van der Waals surface area contributed by atoms with Crippen molar-refractivity contribution >= 4 is 10.9 Å². The predicted molar refractivity (Wildman–Crippen MR) is 75.7 cm³/mol. The molecule has 1 N–H and O–H groups in total. The van der Waals surface area contributed by atoms with Crippen LogP contribution < -0.4 is 5.32 Å². The molecule has 1 fully saturated rings. The first-order valence-electron chi connectivity index (χ1n) is 6.94. The molecular weight excluding hydrogens is 220 g/mol. The lowest BCUT2D eigenvalue weighted by molar-refractivity contribution is 0.538. The molecule has 2 heteroatoms. The Morgan fingerprint density at radius 2 is 2.06 bits per heavy atom. The molecule has 0 saturated carbocycles. The van der Waals surface area contributed by atoms with Gasteiger partial charge < -0.3 is 5.32 Å². The van der Waals surface area contributed by atoms with E-state index in [1.807, 2.05) is 0 Å². The molecular formula is C16H20N2. The van der Waals surface area contributed by atoms with Gasteiger partial charge in [0.1, 0.15) is 0 Å². The van der Waals surface area contributed by atoms with Crippen molar-refractivity contribution in [2.24, 2.45) is 0 Å². The van der Waals surface area contributed by atoms with Crippen molar-refractivity contribution in [3.63, 3.8) is 0 Å². The number of fused-ring (bicyclic) bond motifs is 1. The Balaban J connectivity index is 2.04. The second kappa shape index (κ2) is 5.07. The van der Waals surface area contributed by atoms with Crippen molar-refractivity contribution in [3.8, 4) is 0 Å². The predicted octanol–water partition coefficient (Wildman–Crippen LogP) is 3.75. The summed E-state index contributed by atoms with van der Waals surface area (Å²) in [5.74, 6) is 0. The van der Waals surface area contributed by atoms with Gasteiger partial charge in [-0.3, -0.25) is 4.98 Å². The summed E-state index contributed by atoms with van der Waals surface area (Å²) in [7, 11) is 0. The van der Waals surface area contributed by atoms with E-state index in [-0.39, 0.29) is 0 Å². The number of nitrogens with zero attached hydrogens (tertiary/aromatic N) is 1. The van der Waals surface area contributed by atoms with Crippen LogP contribution in [-0.4, -0.2) is 11.5 Å². The second-order valence-corrected chi connectivity index (χ2v) is 5.22. The Morgan fingerprint density at radius 1 is 1.11 bits per heavy atom. The average Bonchev–Trinajstić information content (AvgIpc) is 2.66. The normalized spacial score (nSPS) is 20.8. The SMILES string of the molecule is Cc1ccc2c(C3CCCCCN3)cccc2n1.